The molecule has 5 aromatic rings. The molecular formula is C46H48N8O10. The molecule has 0 saturated carbocycles. The maximum atomic E-state index is 13.6. The van der Waals surface area contributed by atoms with Gasteiger partial charge in [-0.3, -0.25) is 29.0 Å². The second-order valence-corrected chi connectivity index (χ2v) is 14.7. The summed E-state index contributed by atoms with van der Waals surface area (Å²) in [6.45, 7) is 0.389. The zero-order valence-corrected chi connectivity index (χ0v) is 34.7. The number of aromatic nitrogens is 2. The average molecular weight is 873 g/mol. The molecule has 4 aromatic carbocycles. The van der Waals surface area contributed by atoms with Gasteiger partial charge in [0.05, 0.1) is 6.04 Å². The number of nitrogens with two attached hydrogens (primary N) is 1. The first-order valence-electron chi connectivity index (χ1n) is 20.5. The van der Waals surface area contributed by atoms with Crippen molar-refractivity contribution in [2.45, 2.75) is 63.6 Å². The largest absolute Gasteiger partial charge is 0.461 e. The van der Waals surface area contributed by atoms with E-state index in [-0.39, 0.29) is 81.6 Å². The van der Waals surface area contributed by atoms with Crippen LogP contribution in [0.25, 0.3) is 0 Å². The van der Waals surface area contributed by atoms with E-state index in [1.807, 2.05) is 42.5 Å². The fraction of sp³-hybridized carbons (Fsp3) is 0.261. The Hall–Kier alpha value is -8.02. The highest BCUT2D eigenvalue weighted by Crippen LogP contribution is 2.25. The number of esters is 3. The third-order valence-electron chi connectivity index (χ3n) is 10.1. The van der Waals surface area contributed by atoms with Gasteiger partial charge in [-0.25, -0.2) is 9.59 Å². The molecule has 18 heteroatoms. The van der Waals surface area contributed by atoms with Crippen LogP contribution in [-0.2, 0) is 58.0 Å². The molecule has 1 aromatic heterocycles. The lowest BCUT2D eigenvalue weighted by atomic mass is 10.1. The minimum atomic E-state index is -1.28. The number of H-pyrrole nitrogens is 1. The Morgan fingerprint density at radius 1 is 0.734 bits per heavy atom. The van der Waals surface area contributed by atoms with Crippen LogP contribution in [0.15, 0.2) is 120 Å². The summed E-state index contributed by atoms with van der Waals surface area (Å²) in [6, 6.07) is 30.3. The smallest absolute Gasteiger partial charge is 0.328 e. The average Bonchev–Trinajstić information content (AvgIpc) is 3.32. The fourth-order valence-electron chi connectivity index (χ4n) is 6.64. The molecule has 3 amide bonds. The highest BCUT2D eigenvalue weighted by Gasteiger charge is 2.31. The molecule has 0 spiro atoms. The Morgan fingerprint density at radius 3 is 1.83 bits per heavy atom. The van der Waals surface area contributed by atoms with E-state index in [1.54, 1.807) is 60.7 Å². The molecule has 1 aliphatic rings. The number of aromatic amines is 1. The van der Waals surface area contributed by atoms with E-state index in [0.29, 0.717) is 17.7 Å². The van der Waals surface area contributed by atoms with Gasteiger partial charge >= 0.3 is 17.9 Å². The Morgan fingerprint density at radius 2 is 1.27 bits per heavy atom. The molecule has 2 heterocycles. The molecule has 0 saturated heterocycles. The summed E-state index contributed by atoms with van der Waals surface area (Å²) in [7, 11) is 0. The molecule has 0 aliphatic carbocycles. The van der Waals surface area contributed by atoms with E-state index >= 15 is 0 Å². The minimum Gasteiger partial charge on any atom is -0.461 e. The number of nitrogens with zero attached hydrogens (tertiary/aromatic N) is 2. The summed E-state index contributed by atoms with van der Waals surface area (Å²) in [5, 5.41) is 11.5. The number of rotatable bonds is 21. The standard InChI is InChI=1S/C46H48N8O10/c47-46-52-41-40(43(59)53-46)54(29-55)35(25-49-41)24-48-34-18-16-33(17-19-34)42(58)51-37(45(61)64-28-32-14-8-3-9-15-32)20-22-38(56)50-36(44(60)63-27-31-12-6-2-7-13-31)21-23-39(57)62-26-30-10-4-1-5-11-30/h1-19,29,35-37,48H,20-28H2,(H,50,56)(H,51,58)(H4,47,49,52,53,59)/t35-,36-,37-/m0/s1. The normalized spacial score (nSPS) is 13.8. The predicted octanol–water partition coefficient (Wildman–Crippen LogP) is 3.59. The minimum absolute atomic E-state index is 0.0400. The Kier molecular flexibility index (Phi) is 16.2. The maximum Gasteiger partial charge on any atom is 0.328 e. The number of nitrogens with one attached hydrogen (secondary N) is 5. The molecule has 6 rings (SSSR count). The second kappa shape index (κ2) is 22.7. The Balaban J connectivity index is 1.07. The van der Waals surface area contributed by atoms with Gasteiger partial charge in [0.2, 0.25) is 18.3 Å². The van der Waals surface area contributed by atoms with E-state index in [1.165, 1.54) is 17.0 Å². The Labute approximate surface area is 367 Å². The van der Waals surface area contributed by atoms with Crippen LogP contribution < -0.4 is 37.5 Å². The first kappa shape index (κ1) is 45.5. The highest BCUT2D eigenvalue weighted by molar-refractivity contribution is 5.97. The SMILES string of the molecule is Nc1nc2c(c(=O)[nH]1)N(C=O)[C@@H](CNc1ccc(C(=O)N[C@@H](CCC(=O)N[C@@H](CCC(=O)OCc3ccccc3)C(=O)OCc3ccccc3)C(=O)OCc3ccccc3)cc1)CN2. The van der Waals surface area contributed by atoms with Gasteiger partial charge in [-0.1, -0.05) is 91.0 Å². The molecule has 7 N–H and O–H groups in total. The highest BCUT2D eigenvalue weighted by atomic mass is 16.5. The monoisotopic (exact) mass is 872 g/mol. The molecule has 1 aliphatic heterocycles. The summed E-state index contributed by atoms with van der Waals surface area (Å²) in [6.07, 6.45) is -0.292. The second-order valence-electron chi connectivity index (χ2n) is 14.7. The molecular weight excluding hydrogens is 825 g/mol. The number of hydrogen-bond acceptors (Lipinski definition) is 14. The number of fused-ring (bicyclic) bond motifs is 1. The van der Waals surface area contributed by atoms with Gasteiger partial charge < -0.3 is 46.1 Å². The van der Waals surface area contributed by atoms with Gasteiger partial charge in [0.1, 0.15) is 31.9 Å². The quantitative estimate of drug-likeness (QED) is 0.0350. The van der Waals surface area contributed by atoms with Crippen LogP contribution in [0.4, 0.5) is 23.1 Å². The van der Waals surface area contributed by atoms with Crippen LogP contribution in [-0.4, -0.2) is 77.3 Å². The number of nitrogen functional groups attached to an aromatic ring is 1. The van der Waals surface area contributed by atoms with E-state index in [0.717, 1.165) is 11.1 Å². The van der Waals surface area contributed by atoms with Crippen molar-refractivity contribution in [3.8, 4) is 0 Å². The number of carbonyl (C=O) groups excluding carboxylic acids is 6. The van der Waals surface area contributed by atoms with Crippen LogP contribution in [0.5, 0.6) is 0 Å². The lowest BCUT2D eigenvalue weighted by molar-refractivity contribution is -0.151. The number of anilines is 4. The van der Waals surface area contributed by atoms with Gasteiger partial charge in [0.25, 0.3) is 11.5 Å². The zero-order valence-electron chi connectivity index (χ0n) is 34.7. The number of ether oxygens (including phenoxy) is 3. The van der Waals surface area contributed by atoms with Gasteiger partial charge in [-0.2, -0.15) is 4.98 Å². The lowest BCUT2D eigenvalue weighted by Crippen LogP contribution is -2.50. The van der Waals surface area contributed by atoms with E-state index in [9.17, 15) is 33.6 Å². The molecule has 332 valence electrons. The number of carbonyl (C=O) groups is 6. The number of hydrogen-bond donors (Lipinski definition) is 6. The van der Waals surface area contributed by atoms with Crippen molar-refractivity contribution in [3.05, 3.63) is 148 Å². The van der Waals surface area contributed by atoms with Crippen molar-refractivity contribution in [1.82, 2.24) is 20.6 Å². The zero-order chi connectivity index (χ0) is 45.3. The third kappa shape index (κ3) is 13.2. The summed E-state index contributed by atoms with van der Waals surface area (Å²) < 4.78 is 16.4. The number of benzene rings is 4. The van der Waals surface area contributed by atoms with Gasteiger partial charge in [-0.15, -0.1) is 0 Å². The molecule has 0 bridgehead atoms. The summed E-state index contributed by atoms with van der Waals surface area (Å²) in [5.74, 6) is -3.29. The van der Waals surface area contributed by atoms with Crippen LogP contribution in [0.1, 0.15) is 52.7 Å². The summed E-state index contributed by atoms with van der Waals surface area (Å²) >= 11 is 0. The summed E-state index contributed by atoms with van der Waals surface area (Å²) in [5.41, 5.74) is 8.11. The molecule has 3 atom stereocenters. The van der Waals surface area contributed by atoms with Crippen LogP contribution in [0.3, 0.4) is 0 Å². The van der Waals surface area contributed by atoms with E-state index in [4.69, 9.17) is 19.9 Å². The van der Waals surface area contributed by atoms with Crippen molar-refractivity contribution >= 4 is 59.3 Å². The van der Waals surface area contributed by atoms with Gasteiger partial charge in [-0.05, 0) is 53.8 Å². The molecule has 0 unspecified atom stereocenters. The lowest BCUT2D eigenvalue weighted by Gasteiger charge is -2.34. The van der Waals surface area contributed by atoms with Crippen molar-refractivity contribution < 1.29 is 43.0 Å². The fourth-order valence-corrected chi connectivity index (χ4v) is 6.64. The van der Waals surface area contributed by atoms with Gasteiger partial charge in [0, 0.05) is 37.2 Å². The van der Waals surface area contributed by atoms with Crippen LogP contribution in [0, 0.1) is 0 Å². The van der Waals surface area contributed by atoms with Crippen molar-refractivity contribution in [2.24, 2.45) is 0 Å². The van der Waals surface area contributed by atoms with Crippen LogP contribution >= 0.6 is 0 Å². The van der Waals surface area contributed by atoms with E-state index < -0.39 is 53.4 Å². The molecule has 0 fully saturated rings. The Bertz CT molecular complexity index is 2440. The third-order valence-corrected chi connectivity index (χ3v) is 10.1. The molecule has 0 radical (unpaired) electrons. The van der Waals surface area contributed by atoms with Crippen molar-refractivity contribution in [2.75, 3.05) is 34.4 Å². The molecule has 18 nitrogen and oxygen atoms in total. The molecule has 64 heavy (non-hydrogen) atoms. The predicted molar refractivity (Wildman–Crippen MR) is 235 cm³/mol. The number of amides is 3. The van der Waals surface area contributed by atoms with E-state index in [2.05, 4.69) is 31.2 Å². The first-order valence-corrected chi connectivity index (χ1v) is 20.5. The maximum absolute atomic E-state index is 13.6. The van der Waals surface area contributed by atoms with Crippen molar-refractivity contribution in [3.63, 3.8) is 0 Å². The van der Waals surface area contributed by atoms with Crippen LogP contribution in [0.2, 0.25) is 0 Å². The summed E-state index contributed by atoms with van der Waals surface area (Å²) in [4.78, 5) is 98.7. The topological polar surface area (TPSA) is 253 Å². The van der Waals surface area contributed by atoms with Crippen molar-refractivity contribution in [1.29, 1.82) is 0 Å². The first-order chi connectivity index (χ1) is 31.1. The van der Waals surface area contributed by atoms with Gasteiger partial charge in [0.15, 0.2) is 11.5 Å².